The number of rotatable bonds is 1. The molecule has 1 aromatic carbocycles. The van der Waals surface area contributed by atoms with Gasteiger partial charge in [0, 0.05) is 31.5 Å². The van der Waals surface area contributed by atoms with E-state index >= 15 is 4.39 Å². The minimum atomic E-state index is -0.945. The van der Waals surface area contributed by atoms with Crippen LogP contribution in [0.5, 0.6) is 5.75 Å². The molecular formula is C21H26BFN4O5. The van der Waals surface area contributed by atoms with Crippen LogP contribution in [0.3, 0.4) is 0 Å². The van der Waals surface area contributed by atoms with Crippen molar-refractivity contribution in [2.75, 3.05) is 31.1 Å². The number of hydrogen-bond donors (Lipinski definition) is 1. The van der Waals surface area contributed by atoms with Crippen LogP contribution in [0.15, 0.2) is 12.4 Å². The SMILES string of the molecule is CC1(C)OB(c2cc3c4c(ncnc4c2F)N2CCN(C(=O)O)CC2CCO3)OC1(C)C. The van der Waals surface area contributed by atoms with Gasteiger partial charge in [-0.25, -0.2) is 19.2 Å². The average Bonchev–Trinajstić information content (AvgIpc) is 2.94. The van der Waals surface area contributed by atoms with Gasteiger partial charge in [-0.2, -0.15) is 0 Å². The summed E-state index contributed by atoms with van der Waals surface area (Å²) in [4.78, 5) is 23.6. The summed E-state index contributed by atoms with van der Waals surface area (Å²) in [7, 11) is -0.889. The maximum Gasteiger partial charge on any atom is 0.498 e. The summed E-state index contributed by atoms with van der Waals surface area (Å²) in [6.45, 7) is 9.17. The van der Waals surface area contributed by atoms with Gasteiger partial charge < -0.3 is 29.0 Å². The van der Waals surface area contributed by atoms with E-state index in [-0.39, 0.29) is 17.0 Å². The van der Waals surface area contributed by atoms with Gasteiger partial charge in [-0.1, -0.05) is 0 Å². The molecule has 0 bridgehead atoms. The molecule has 0 saturated carbocycles. The van der Waals surface area contributed by atoms with Crippen molar-refractivity contribution in [1.29, 1.82) is 0 Å². The Morgan fingerprint density at radius 1 is 1.22 bits per heavy atom. The maximum atomic E-state index is 15.8. The molecule has 32 heavy (non-hydrogen) atoms. The number of amides is 1. The zero-order chi connectivity index (χ0) is 22.8. The summed E-state index contributed by atoms with van der Waals surface area (Å²) in [6, 6.07) is 1.51. The van der Waals surface area contributed by atoms with Gasteiger partial charge in [0.2, 0.25) is 0 Å². The summed E-state index contributed by atoms with van der Waals surface area (Å²) < 4.78 is 34.0. The lowest BCUT2D eigenvalue weighted by Gasteiger charge is -2.42. The number of anilines is 1. The Morgan fingerprint density at radius 2 is 1.94 bits per heavy atom. The van der Waals surface area contributed by atoms with E-state index in [4.69, 9.17) is 14.0 Å². The van der Waals surface area contributed by atoms with Crippen molar-refractivity contribution in [3.05, 3.63) is 18.2 Å². The van der Waals surface area contributed by atoms with Crippen LogP contribution in [0.25, 0.3) is 10.9 Å². The van der Waals surface area contributed by atoms with Crippen molar-refractivity contribution in [3.8, 4) is 5.75 Å². The van der Waals surface area contributed by atoms with Gasteiger partial charge in [-0.05, 0) is 33.8 Å². The van der Waals surface area contributed by atoms with Crippen LogP contribution in [-0.4, -0.2) is 76.7 Å². The van der Waals surface area contributed by atoms with Crippen molar-refractivity contribution >= 4 is 35.4 Å². The Bertz CT molecular complexity index is 1080. The number of aromatic nitrogens is 2. The third kappa shape index (κ3) is 3.17. The van der Waals surface area contributed by atoms with Gasteiger partial charge in [-0.15, -0.1) is 0 Å². The number of piperazine rings is 1. The molecule has 1 amide bonds. The van der Waals surface area contributed by atoms with E-state index in [9.17, 15) is 9.90 Å². The second kappa shape index (κ2) is 7.18. The summed E-state index contributed by atoms with van der Waals surface area (Å²) in [6.07, 6.45) is 0.998. The van der Waals surface area contributed by atoms with Crippen molar-refractivity contribution in [3.63, 3.8) is 0 Å². The first-order valence-corrected chi connectivity index (χ1v) is 10.8. The highest BCUT2D eigenvalue weighted by Gasteiger charge is 2.53. The Balaban J connectivity index is 1.60. The normalized spacial score (nSPS) is 24.0. The van der Waals surface area contributed by atoms with Gasteiger partial charge in [0.1, 0.15) is 29.2 Å². The molecule has 11 heteroatoms. The number of hydrogen-bond acceptors (Lipinski definition) is 7. The predicted octanol–water partition coefficient (Wildman–Crippen LogP) is 2.02. The van der Waals surface area contributed by atoms with E-state index in [1.165, 1.54) is 11.2 Å². The quantitative estimate of drug-likeness (QED) is 0.668. The number of carbonyl (C=O) groups is 1. The standard InChI is InChI=1S/C21H26BFN4O5/c1-20(2)21(3,4)32-22(31-20)13-9-14-15-17(16(13)23)24-11-25-18(15)27-7-6-26(19(28)29)10-12(27)5-8-30-14/h9,11-12H,5-8,10H2,1-4H3,(H,28,29). The first kappa shape index (κ1) is 21.2. The van der Waals surface area contributed by atoms with E-state index < -0.39 is 30.2 Å². The molecule has 3 aliphatic heterocycles. The van der Waals surface area contributed by atoms with Gasteiger partial charge >= 0.3 is 13.2 Å². The molecule has 5 rings (SSSR count). The zero-order valence-electron chi connectivity index (χ0n) is 18.6. The lowest BCUT2D eigenvalue weighted by molar-refractivity contribution is 0.00578. The number of fused-ring (bicyclic) bond motifs is 2. The van der Waals surface area contributed by atoms with E-state index in [1.54, 1.807) is 6.07 Å². The van der Waals surface area contributed by atoms with Gasteiger partial charge in [0.05, 0.1) is 29.2 Å². The minimum absolute atomic E-state index is 0.114. The molecule has 4 heterocycles. The Hall–Kier alpha value is -2.66. The first-order chi connectivity index (χ1) is 15.1. The maximum absolute atomic E-state index is 15.8. The second-order valence-corrected chi connectivity index (χ2v) is 9.50. The molecule has 2 saturated heterocycles. The Labute approximate surface area is 185 Å². The molecule has 0 radical (unpaired) electrons. The molecule has 1 aromatic heterocycles. The number of halogens is 1. The summed E-state index contributed by atoms with van der Waals surface area (Å²) in [5, 5.41) is 9.87. The van der Waals surface area contributed by atoms with Crippen LogP contribution < -0.4 is 15.1 Å². The van der Waals surface area contributed by atoms with Crippen LogP contribution in [0, 0.1) is 5.82 Å². The summed E-state index contributed by atoms with van der Waals surface area (Å²) in [5.74, 6) is 0.496. The lowest BCUT2D eigenvalue weighted by Crippen LogP contribution is -2.55. The number of carboxylic acid groups (broad SMARTS) is 1. The van der Waals surface area contributed by atoms with Crippen LogP contribution in [0.2, 0.25) is 0 Å². The third-order valence-electron chi connectivity index (χ3n) is 7.06. The molecule has 0 spiro atoms. The first-order valence-electron chi connectivity index (χ1n) is 10.8. The molecule has 1 N–H and O–H groups in total. The van der Waals surface area contributed by atoms with E-state index in [0.717, 1.165) is 0 Å². The van der Waals surface area contributed by atoms with Crippen molar-refractivity contribution < 1.29 is 28.3 Å². The van der Waals surface area contributed by atoms with Gasteiger partial charge in [-0.3, -0.25) is 0 Å². The van der Waals surface area contributed by atoms with Crippen LogP contribution in [-0.2, 0) is 9.31 Å². The molecule has 3 aliphatic rings. The van der Waals surface area contributed by atoms with Crippen molar-refractivity contribution in [2.24, 2.45) is 0 Å². The monoisotopic (exact) mass is 444 g/mol. The highest BCUT2D eigenvalue weighted by Crippen LogP contribution is 2.40. The predicted molar refractivity (Wildman–Crippen MR) is 116 cm³/mol. The summed E-state index contributed by atoms with van der Waals surface area (Å²) >= 11 is 0. The average molecular weight is 444 g/mol. The molecule has 1 unspecified atom stereocenters. The molecular weight excluding hydrogens is 418 g/mol. The van der Waals surface area contributed by atoms with Crippen LogP contribution in [0.1, 0.15) is 34.1 Å². The van der Waals surface area contributed by atoms with Crippen LogP contribution in [0.4, 0.5) is 15.0 Å². The number of ether oxygens (including phenoxy) is 1. The molecule has 2 aromatic rings. The lowest BCUT2D eigenvalue weighted by atomic mass is 9.77. The molecule has 9 nitrogen and oxygen atoms in total. The largest absolute Gasteiger partial charge is 0.498 e. The fourth-order valence-electron chi connectivity index (χ4n) is 4.52. The summed E-state index contributed by atoms with van der Waals surface area (Å²) in [5.41, 5.74) is -0.846. The van der Waals surface area contributed by atoms with Crippen molar-refractivity contribution in [1.82, 2.24) is 14.9 Å². The Morgan fingerprint density at radius 3 is 2.62 bits per heavy atom. The zero-order valence-corrected chi connectivity index (χ0v) is 18.6. The molecule has 2 fully saturated rings. The van der Waals surface area contributed by atoms with E-state index in [1.807, 2.05) is 32.6 Å². The van der Waals surface area contributed by atoms with Crippen LogP contribution >= 0.6 is 0 Å². The van der Waals surface area contributed by atoms with Crippen molar-refractivity contribution in [2.45, 2.75) is 51.4 Å². The van der Waals surface area contributed by atoms with Gasteiger partial charge in [0.25, 0.3) is 0 Å². The molecule has 170 valence electrons. The highest BCUT2D eigenvalue weighted by molar-refractivity contribution is 6.62. The Kier molecular flexibility index (Phi) is 4.76. The highest BCUT2D eigenvalue weighted by atomic mass is 19.1. The smallest absolute Gasteiger partial charge is 0.493 e. The number of nitrogens with zero attached hydrogens (tertiary/aromatic N) is 4. The van der Waals surface area contributed by atoms with E-state index in [0.29, 0.717) is 49.6 Å². The fourth-order valence-corrected chi connectivity index (χ4v) is 4.52. The van der Waals surface area contributed by atoms with E-state index in [2.05, 4.69) is 9.97 Å². The number of benzene rings is 1. The molecule has 0 aliphatic carbocycles. The van der Waals surface area contributed by atoms with Gasteiger partial charge in [0.15, 0.2) is 0 Å². The minimum Gasteiger partial charge on any atom is -0.493 e. The topological polar surface area (TPSA) is 97.3 Å². The third-order valence-corrected chi connectivity index (χ3v) is 7.06. The fraction of sp³-hybridized carbons (Fsp3) is 0.571. The molecule has 1 atom stereocenters. The second-order valence-electron chi connectivity index (χ2n) is 9.50.